The van der Waals surface area contributed by atoms with Gasteiger partial charge in [0.1, 0.15) is 13.2 Å². The van der Waals surface area contributed by atoms with Crippen molar-refractivity contribution >= 4 is 12.2 Å². The van der Waals surface area contributed by atoms with Gasteiger partial charge in [-0.05, 0) is 34.2 Å². The summed E-state index contributed by atoms with van der Waals surface area (Å²) in [5.74, 6) is -0.0223. The van der Waals surface area contributed by atoms with Crippen LogP contribution >= 0.6 is 0 Å². The molecule has 1 aliphatic carbocycles. The van der Waals surface area contributed by atoms with Gasteiger partial charge in [-0.3, -0.25) is 0 Å². The van der Waals surface area contributed by atoms with Gasteiger partial charge in [0, 0.05) is 12.5 Å². The number of rotatable bonds is 6. The molecule has 35 heavy (non-hydrogen) atoms. The first-order valence-corrected chi connectivity index (χ1v) is 11.8. The molecular formula is C28H28N2O5. The van der Waals surface area contributed by atoms with Crippen LogP contribution in [0.1, 0.15) is 29.0 Å². The fourth-order valence-corrected chi connectivity index (χ4v) is 4.96. The first-order chi connectivity index (χ1) is 17.1. The number of fused-ring (bicyclic) bond motifs is 3. The summed E-state index contributed by atoms with van der Waals surface area (Å²) in [6, 6.07) is 25.4. The van der Waals surface area contributed by atoms with Crippen LogP contribution in [0.4, 0.5) is 9.59 Å². The molecule has 2 unspecified atom stereocenters. The zero-order chi connectivity index (χ0) is 24.2. The van der Waals surface area contributed by atoms with Gasteiger partial charge < -0.3 is 24.8 Å². The summed E-state index contributed by atoms with van der Waals surface area (Å²) in [5.41, 5.74) is 5.51. The molecule has 1 fully saturated rings. The molecule has 0 aromatic heterocycles. The second-order valence-corrected chi connectivity index (χ2v) is 8.94. The molecule has 5 rings (SSSR count). The van der Waals surface area contributed by atoms with Gasteiger partial charge in [0.15, 0.2) is 0 Å². The van der Waals surface area contributed by atoms with Crippen LogP contribution < -0.4 is 5.32 Å². The third-order valence-electron chi connectivity index (χ3n) is 6.66. The van der Waals surface area contributed by atoms with Crippen molar-refractivity contribution in [3.05, 3.63) is 95.6 Å². The molecule has 3 aromatic rings. The van der Waals surface area contributed by atoms with Crippen molar-refractivity contribution in [1.82, 2.24) is 10.2 Å². The molecule has 1 heterocycles. The average molecular weight is 473 g/mol. The predicted molar refractivity (Wildman–Crippen MR) is 131 cm³/mol. The number of likely N-dealkylation sites (tertiary alicyclic amines) is 1. The van der Waals surface area contributed by atoms with E-state index in [1.165, 1.54) is 16.0 Å². The molecule has 180 valence electrons. The molecule has 3 aromatic carbocycles. The molecule has 0 saturated carbocycles. The zero-order valence-corrected chi connectivity index (χ0v) is 19.3. The Morgan fingerprint density at radius 1 is 0.886 bits per heavy atom. The van der Waals surface area contributed by atoms with E-state index < -0.39 is 18.3 Å². The molecule has 7 nitrogen and oxygen atoms in total. The maximum Gasteiger partial charge on any atom is 0.410 e. The fraction of sp³-hybridized carbons (Fsp3) is 0.286. The van der Waals surface area contributed by atoms with E-state index in [9.17, 15) is 14.7 Å². The standard InChI is InChI=1S/C28H28N2O5/c31-21-14-20(30(16-21)28(33)35-17-19-8-2-1-3-9-19)15-29-27(32)34-18-26-24-12-6-4-10-22(24)23-11-5-7-13-25(23)26/h1-13,20-21,26,31H,14-18H2,(H,29,32). The van der Waals surface area contributed by atoms with Gasteiger partial charge in [0.05, 0.1) is 18.7 Å². The van der Waals surface area contributed by atoms with E-state index in [1.807, 2.05) is 54.6 Å². The highest BCUT2D eigenvalue weighted by Crippen LogP contribution is 2.44. The number of alkyl carbamates (subject to hydrolysis) is 1. The number of aliphatic hydroxyl groups excluding tert-OH is 1. The van der Waals surface area contributed by atoms with Crippen molar-refractivity contribution in [2.45, 2.75) is 31.1 Å². The van der Waals surface area contributed by atoms with Gasteiger partial charge in [-0.15, -0.1) is 0 Å². The molecule has 7 heteroatoms. The largest absolute Gasteiger partial charge is 0.449 e. The number of benzene rings is 3. The van der Waals surface area contributed by atoms with Crippen LogP contribution in [0.2, 0.25) is 0 Å². The normalized spacial score (nSPS) is 18.6. The Labute approximate surface area is 204 Å². The number of nitrogens with one attached hydrogen (secondary N) is 1. The molecule has 2 N–H and O–H groups in total. The summed E-state index contributed by atoms with van der Waals surface area (Å²) in [6.07, 6.45) is -1.35. The lowest BCUT2D eigenvalue weighted by atomic mass is 9.98. The Kier molecular flexibility index (Phi) is 6.68. The Morgan fingerprint density at radius 3 is 2.20 bits per heavy atom. The van der Waals surface area contributed by atoms with E-state index in [1.54, 1.807) is 0 Å². The molecule has 0 spiro atoms. The van der Waals surface area contributed by atoms with Crippen LogP contribution in [0, 0.1) is 0 Å². The molecule has 0 bridgehead atoms. The van der Waals surface area contributed by atoms with Gasteiger partial charge >= 0.3 is 12.2 Å². The number of hydrogen-bond donors (Lipinski definition) is 2. The molecule has 2 amide bonds. The molecule has 1 aliphatic heterocycles. The van der Waals surface area contributed by atoms with Crippen molar-refractivity contribution in [3.63, 3.8) is 0 Å². The highest BCUT2D eigenvalue weighted by Gasteiger charge is 2.36. The van der Waals surface area contributed by atoms with Crippen LogP contribution in [0.15, 0.2) is 78.9 Å². The van der Waals surface area contributed by atoms with Crippen LogP contribution in [0.5, 0.6) is 0 Å². The van der Waals surface area contributed by atoms with E-state index in [4.69, 9.17) is 9.47 Å². The number of hydrogen-bond acceptors (Lipinski definition) is 5. The van der Waals surface area contributed by atoms with Crippen LogP contribution in [-0.4, -0.2) is 54.0 Å². The third kappa shape index (κ3) is 5.00. The predicted octanol–water partition coefficient (Wildman–Crippen LogP) is 4.30. The lowest BCUT2D eigenvalue weighted by Gasteiger charge is -2.24. The van der Waals surface area contributed by atoms with E-state index in [0.29, 0.717) is 6.42 Å². The number of ether oxygens (including phenoxy) is 2. The Hall–Kier alpha value is -3.84. The van der Waals surface area contributed by atoms with Gasteiger partial charge in [0.25, 0.3) is 0 Å². The lowest BCUT2D eigenvalue weighted by molar-refractivity contribution is 0.0865. The fourth-order valence-electron chi connectivity index (χ4n) is 4.96. The van der Waals surface area contributed by atoms with E-state index >= 15 is 0 Å². The van der Waals surface area contributed by atoms with Crippen molar-refractivity contribution in [2.75, 3.05) is 19.7 Å². The summed E-state index contributed by atoms with van der Waals surface area (Å²) in [7, 11) is 0. The van der Waals surface area contributed by atoms with E-state index in [-0.39, 0.29) is 38.3 Å². The maximum atomic E-state index is 12.6. The number of carbonyl (C=O) groups excluding carboxylic acids is 2. The first-order valence-electron chi connectivity index (χ1n) is 11.8. The molecule has 2 atom stereocenters. The minimum atomic E-state index is -0.659. The quantitative estimate of drug-likeness (QED) is 0.559. The second kappa shape index (κ2) is 10.2. The van der Waals surface area contributed by atoms with Gasteiger partial charge in [-0.25, -0.2) is 9.59 Å². The number of β-amino-alcohol motifs (C(OH)–C–C–N with tert-alkyl or cyclic N) is 1. The number of nitrogens with zero attached hydrogens (tertiary/aromatic N) is 1. The third-order valence-corrected chi connectivity index (χ3v) is 6.66. The molecular weight excluding hydrogens is 444 g/mol. The van der Waals surface area contributed by atoms with E-state index in [0.717, 1.165) is 16.7 Å². The van der Waals surface area contributed by atoms with E-state index in [2.05, 4.69) is 29.6 Å². The van der Waals surface area contributed by atoms with Crippen LogP contribution in [-0.2, 0) is 16.1 Å². The minimum absolute atomic E-state index is 0.0223. The second-order valence-electron chi connectivity index (χ2n) is 8.94. The van der Waals surface area contributed by atoms with Gasteiger partial charge in [-0.2, -0.15) is 0 Å². The Balaban J connectivity index is 1.15. The Bertz CT molecular complexity index is 1150. The number of carbonyl (C=O) groups is 2. The smallest absolute Gasteiger partial charge is 0.410 e. The SMILES string of the molecule is O=C(NCC1CC(O)CN1C(=O)OCc1ccccc1)OCC1c2ccccc2-c2ccccc21. The monoisotopic (exact) mass is 472 g/mol. The molecule has 1 saturated heterocycles. The topological polar surface area (TPSA) is 88.1 Å². The summed E-state index contributed by atoms with van der Waals surface area (Å²) in [5, 5.41) is 12.9. The molecule has 0 radical (unpaired) electrons. The average Bonchev–Trinajstić information content (AvgIpc) is 3.43. The summed E-state index contributed by atoms with van der Waals surface area (Å²) < 4.78 is 11.0. The van der Waals surface area contributed by atoms with Crippen LogP contribution in [0.25, 0.3) is 11.1 Å². The van der Waals surface area contributed by atoms with Crippen molar-refractivity contribution in [3.8, 4) is 11.1 Å². The van der Waals surface area contributed by atoms with Gasteiger partial charge in [-0.1, -0.05) is 78.9 Å². The highest BCUT2D eigenvalue weighted by atomic mass is 16.6. The molecule has 2 aliphatic rings. The first kappa shape index (κ1) is 22.9. The Morgan fingerprint density at radius 2 is 1.51 bits per heavy atom. The van der Waals surface area contributed by atoms with Crippen molar-refractivity contribution in [2.24, 2.45) is 0 Å². The van der Waals surface area contributed by atoms with Crippen molar-refractivity contribution < 1.29 is 24.2 Å². The summed E-state index contributed by atoms with van der Waals surface area (Å²) in [6.45, 7) is 0.716. The summed E-state index contributed by atoms with van der Waals surface area (Å²) >= 11 is 0. The maximum absolute atomic E-state index is 12.6. The number of aliphatic hydroxyl groups is 1. The highest BCUT2D eigenvalue weighted by molar-refractivity contribution is 5.79. The van der Waals surface area contributed by atoms with Crippen molar-refractivity contribution in [1.29, 1.82) is 0 Å². The lowest BCUT2D eigenvalue weighted by Crippen LogP contribution is -2.43. The number of amides is 2. The minimum Gasteiger partial charge on any atom is -0.449 e. The zero-order valence-electron chi connectivity index (χ0n) is 19.3. The van der Waals surface area contributed by atoms with Crippen LogP contribution in [0.3, 0.4) is 0 Å². The summed E-state index contributed by atoms with van der Waals surface area (Å²) in [4.78, 5) is 26.6. The van der Waals surface area contributed by atoms with Gasteiger partial charge in [0.2, 0.25) is 0 Å².